The molecule has 0 spiro atoms. The zero-order valence-corrected chi connectivity index (χ0v) is 10.3. The Labute approximate surface area is 91.8 Å². The lowest BCUT2D eigenvalue weighted by atomic mass is 10.0. The normalized spacial score (nSPS) is 37.9. The number of ether oxygens (including phenoxy) is 1. The number of rotatable bonds is 2. The van der Waals surface area contributed by atoms with Crippen molar-refractivity contribution in [1.82, 2.24) is 4.90 Å². The Bertz CT molecular complexity index is 283. The molecule has 0 aromatic carbocycles. The average Bonchev–Trinajstić information content (AvgIpc) is 2.60. The highest BCUT2D eigenvalue weighted by Gasteiger charge is 2.68. The van der Waals surface area contributed by atoms with E-state index in [-0.39, 0.29) is 12.0 Å². The minimum absolute atomic E-state index is 0.00463. The van der Waals surface area contributed by atoms with Gasteiger partial charge in [-0.2, -0.15) is 0 Å². The molecule has 86 valence electrons. The fourth-order valence-corrected chi connectivity index (χ4v) is 3.24. The number of likely N-dealkylation sites (tertiary alicyclic amines) is 1. The molecule has 0 N–H and O–H groups in total. The molecule has 1 saturated carbocycles. The molecule has 1 saturated heterocycles. The first-order chi connectivity index (χ1) is 6.91. The summed E-state index contributed by atoms with van der Waals surface area (Å²) >= 11 is 0. The number of piperidine rings is 1. The highest BCUT2D eigenvalue weighted by Crippen LogP contribution is 2.65. The van der Waals surface area contributed by atoms with E-state index in [1.54, 1.807) is 0 Å². The van der Waals surface area contributed by atoms with E-state index < -0.39 is 0 Å². The van der Waals surface area contributed by atoms with Crippen LogP contribution in [0.1, 0.15) is 27.7 Å². The molecule has 0 unspecified atom stereocenters. The standard InChI is InChI=1S/C12H21NO2/c1-7(2)13-6-8-9(12(8,3)4)10(13)11(14)15-5/h7-10H,6H2,1-5H3/t8-,9-,10-/m0/s1. The molecule has 1 aliphatic carbocycles. The monoisotopic (exact) mass is 211 g/mol. The Morgan fingerprint density at radius 3 is 2.53 bits per heavy atom. The van der Waals surface area contributed by atoms with Gasteiger partial charge in [-0.1, -0.05) is 13.8 Å². The van der Waals surface area contributed by atoms with Gasteiger partial charge in [-0.3, -0.25) is 9.69 Å². The topological polar surface area (TPSA) is 29.5 Å². The van der Waals surface area contributed by atoms with Gasteiger partial charge in [0.25, 0.3) is 0 Å². The molecule has 2 rings (SSSR count). The molecule has 3 heteroatoms. The molecule has 0 amide bonds. The maximum Gasteiger partial charge on any atom is 0.323 e. The molecule has 0 aromatic heterocycles. The van der Waals surface area contributed by atoms with E-state index in [9.17, 15) is 4.79 Å². The van der Waals surface area contributed by atoms with Crippen LogP contribution in [0.4, 0.5) is 0 Å². The highest BCUT2D eigenvalue weighted by molar-refractivity contribution is 5.77. The smallest absolute Gasteiger partial charge is 0.323 e. The molecular weight excluding hydrogens is 190 g/mol. The van der Waals surface area contributed by atoms with Crippen molar-refractivity contribution < 1.29 is 9.53 Å². The van der Waals surface area contributed by atoms with E-state index in [0.717, 1.165) is 6.54 Å². The number of hydrogen-bond acceptors (Lipinski definition) is 3. The zero-order valence-electron chi connectivity index (χ0n) is 10.3. The predicted octanol–water partition coefficient (Wildman–Crippen LogP) is 1.52. The number of nitrogens with zero attached hydrogens (tertiary/aromatic N) is 1. The van der Waals surface area contributed by atoms with Gasteiger partial charge in [0.15, 0.2) is 0 Å². The van der Waals surface area contributed by atoms with Gasteiger partial charge >= 0.3 is 5.97 Å². The van der Waals surface area contributed by atoms with Gasteiger partial charge in [-0.05, 0) is 31.1 Å². The van der Waals surface area contributed by atoms with E-state index in [4.69, 9.17) is 4.74 Å². The molecule has 0 bridgehead atoms. The third kappa shape index (κ3) is 1.40. The number of fused-ring (bicyclic) bond motifs is 1. The van der Waals surface area contributed by atoms with E-state index in [2.05, 4.69) is 32.6 Å². The summed E-state index contributed by atoms with van der Waals surface area (Å²) in [7, 11) is 1.49. The van der Waals surface area contributed by atoms with Crippen LogP contribution < -0.4 is 0 Å². The van der Waals surface area contributed by atoms with E-state index >= 15 is 0 Å². The van der Waals surface area contributed by atoms with Gasteiger partial charge in [0.1, 0.15) is 6.04 Å². The highest BCUT2D eigenvalue weighted by atomic mass is 16.5. The number of hydrogen-bond donors (Lipinski definition) is 0. The van der Waals surface area contributed by atoms with Crippen molar-refractivity contribution in [1.29, 1.82) is 0 Å². The van der Waals surface area contributed by atoms with Gasteiger partial charge in [0.05, 0.1) is 7.11 Å². The van der Waals surface area contributed by atoms with E-state index in [0.29, 0.717) is 23.3 Å². The molecule has 1 aliphatic heterocycles. The Balaban J connectivity index is 2.18. The third-order valence-corrected chi connectivity index (χ3v) is 4.35. The van der Waals surface area contributed by atoms with Crippen LogP contribution >= 0.6 is 0 Å². The molecule has 15 heavy (non-hydrogen) atoms. The minimum Gasteiger partial charge on any atom is -0.468 e. The van der Waals surface area contributed by atoms with Crippen molar-refractivity contribution in [3.05, 3.63) is 0 Å². The fourth-order valence-electron chi connectivity index (χ4n) is 3.24. The predicted molar refractivity (Wildman–Crippen MR) is 58.4 cm³/mol. The maximum atomic E-state index is 11.8. The van der Waals surface area contributed by atoms with Crippen LogP contribution in [-0.4, -0.2) is 36.6 Å². The third-order valence-electron chi connectivity index (χ3n) is 4.35. The lowest BCUT2D eigenvalue weighted by molar-refractivity contribution is -0.148. The van der Waals surface area contributed by atoms with Gasteiger partial charge < -0.3 is 4.74 Å². The van der Waals surface area contributed by atoms with Crippen molar-refractivity contribution in [3.8, 4) is 0 Å². The number of carbonyl (C=O) groups is 1. The molecule has 0 radical (unpaired) electrons. The summed E-state index contributed by atoms with van der Waals surface area (Å²) in [6.45, 7) is 9.86. The minimum atomic E-state index is -0.0539. The van der Waals surface area contributed by atoms with Crippen LogP contribution in [0.2, 0.25) is 0 Å². The van der Waals surface area contributed by atoms with Crippen molar-refractivity contribution in [2.75, 3.05) is 13.7 Å². The number of esters is 1. The van der Waals surface area contributed by atoms with E-state index in [1.165, 1.54) is 7.11 Å². The summed E-state index contributed by atoms with van der Waals surface area (Å²) in [6, 6.07) is 0.424. The summed E-state index contributed by atoms with van der Waals surface area (Å²) in [6.07, 6.45) is 0. The summed E-state index contributed by atoms with van der Waals surface area (Å²) in [5, 5.41) is 0. The molecular formula is C12H21NO2. The maximum absolute atomic E-state index is 11.8. The Morgan fingerprint density at radius 1 is 1.47 bits per heavy atom. The first-order valence-corrected chi connectivity index (χ1v) is 5.74. The molecule has 0 aromatic rings. The van der Waals surface area contributed by atoms with Crippen LogP contribution in [0.25, 0.3) is 0 Å². The lowest BCUT2D eigenvalue weighted by Gasteiger charge is -2.31. The second-order valence-electron chi connectivity index (χ2n) is 5.71. The summed E-state index contributed by atoms with van der Waals surface area (Å²) in [5.74, 6) is 1.14. The average molecular weight is 211 g/mol. The van der Waals surface area contributed by atoms with Gasteiger partial charge in [-0.25, -0.2) is 0 Å². The second-order valence-corrected chi connectivity index (χ2v) is 5.71. The summed E-state index contributed by atoms with van der Waals surface area (Å²) in [5.41, 5.74) is 0.338. The number of carbonyl (C=O) groups excluding carboxylic acids is 1. The quantitative estimate of drug-likeness (QED) is 0.649. The van der Waals surface area contributed by atoms with Crippen LogP contribution in [0.3, 0.4) is 0 Å². The number of methoxy groups -OCH3 is 1. The van der Waals surface area contributed by atoms with Crippen LogP contribution in [0, 0.1) is 17.3 Å². The molecule has 2 aliphatic rings. The fraction of sp³-hybridized carbons (Fsp3) is 0.917. The Kier molecular flexibility index (Phi) is 2.34. The largest absolute Gasteiger partial charge is 0.468 e. The lowest BCUT2D eigenvalue weighted by Crippen LogP contribution is -2.45. The molecule has 2 fully saturated rings. The SMILES string of the molecule is COC(=O)[C@@H]1[C@@H]2[C@H](CN1C(C)C)C2(C)C. The van der Waals surface area contributed by atoms with Gasteiger partial charge in [-0.15, -0.1) is 0 Å². The van der Waals surface area contributed by atoms with E-state index in [1.807, 2.05) is 0 Å². The van der Waals surface area contributed by atoms with Crippen molar-refractivity contribution >= 4 is 5.97 Å². The summed E-state index contributed by atoms with van der Waals surface area (Å²) in [4.78, 5) is 14.1. The van der Waals surface area contributed by atoms with Gasteiger partial charge in [0.2, 0.25) is 0 Å². The summed E-state index contributed by atoms with van der Waals surface area (Å²) < 4.78 is 4.92. The zero-order chi connectivity index (χ0) is 11.4. The Morgan fingerprint density at radius 2 is 2.07 bits per heavy atom. The van der Waals surface area contributed by atoms with Crippen LogP contribution in [0.15, 0.2) is 0 Å². The van der Waals surface area contributed by atoms with Crippen LogP contribution in [0.5, 0.6) is 0 Å². The Hall–Kier alpha value is -0.570. The molecule has 1 heterocycles. The first-order valence-electron chi connectivity index (χ1n) is 5.74. The van der Waals surface area contributed by atoms with Crippen molar-refractivity contribution in [2.24, 2.45) is 17.3 Å². The van der Waals surface area contributed by atoms with Gasteiger partial charge in [0, 0.05) is 12.6 Å². The van der Waals surface area contributed by atoms with Crippen molar-refractivity contribution in [2.45, 2.75) is 39.8 Å². The van der Waals surface area contributed by atoms with Crippen molar-refractivity contribution in [3.63, 3.8) is 0 Å². The molecule has 3 nitrogen and oxygen atoms in total. The second kappa shape index (κ2) is 3.21. The van der Waals surface area contributed by atoms with Crippen LogP contribution in [-0.2, 0) is 9.53 Å². The first kappa shape index (κ1) is 10.9. The molecule has 3 atom stereocenters.